The first-order chi connectivity index (χ1) is 14.9. The van der Waals surface area contributed by atoms with E-state index < -0.39 is 11.7 Å². The van der Waals surface area contributed by atoms with Crippen LogP contribution in [0.15, 0.2) is 48.5 Å². The van der Waals surface area contributed by atoms with E-state index in [-0.39, 0.29) is 5.41 Å². The Balaban J connectivity index is 1.35. The quantitative estimate of drug-likeness (QED) is 0.660. The highest BCUT2D eigenvalue weighted by Crippen LogP contribution is 2.63. The standard InChI is InChI=1S/C28H36O3/c1-3-14-28(30)17-25-24-11-9-20-16-21(31-18-19-7-5-4-6-8-19)10-12-22(20)23(24)13-15-27(25,2)26(28)29/h4-8,10,12,16,23-26,29-30H,3,9,11,13-15,17-18H2,1-2H3/t23-,24-,25+,26?,27+,28?/m1/s1. The number of benzene rings is 2. The number of fused-ring (bicyclic) bond motifs is 5. The summed E-state index contributed by atoms with van der Waals surface area (Å²) in [7, 11) is 0. The molecule has 2 saturated carbocycles. The van der Waals surface area contributed by atoms with Gasteiger partial charge in [-0.25, -0.2) is 0 Å². The van der Waals surface area contributed by atoms with Gasteiger partial charge in [0.15, 0.2) is 0 Å². The zero-order valence-electron chi connectivity index (χ0n) is 18.9. The molecule has 3 aliphatic rings. The van der Waals surface area contributed by atoms with Crippen molar-refractivity contribution in [2.45, 2.75) is 83.0 Å². The number of aliphatic hydroxyl groups is 2. The highest BCUT2D eigenvalue weighted by molar-refractivity contribution is 5.41. The predicted octanol–water partition coefficient (Wildman–Crippen LogP) is 5.62. The third-order valence-corrected chi connectivity index (χ3v) is 8.77. The van der Waals surface area contributed by atoms with Crippen LogP contribution < -0.4 is 4.74 Å². The number of rotatable bonds is 5. The topological polar surface area (TPSA) is 49.7 Å². The molecule has 2 aromatic rings. The summed E-state index contributed by atoms with van der Waals surface area (Å²) >= 11 is 0. The van der Waals surface area contributed by atoms with Crippen LogP contribution in [0.2, 0.25) is 0 Å². The van der Waals surface area contributed by atoms with Crippen LogP contribution in [0.3, 0.4) is 0 Å². The van der Waals surface area contributed by atoms with Crippen LogP contribution in [0, 0.1) is 17.3 Å². The number of hydrogen-bond acceptors (Lipinski definition) is 3. The SMILES string of the molecule is CCCC1(O)C[C@H]2[C@@H]3CCc4cc(OCc5ccccc5)ccc4[C@H]3CC[C@]2(C)C1O. The molecule has 0 amide bonds. The van der Waals surface area contributed by atoms with Crippen LogP contribution >= 0.6 is 0 Å². The Morgan fingerprint density at radius 2 is 1.90 bits per heavy atom. The van der Waals surface area contributed by atoms with E-state index in [9.17, 15) is 10.2 Å². The van der Waals surface area contributed by atoms with Crippen molar-refractivity contribution in [3.05, 3.63) is 65.2 Å². The molecule has 0 spiro atoms. The summed E-state index contributed by atoms with van der Waals surface area (Å²) in [6.45, 7) is 4.94. The molecule has 0 bridgehead atoms. The fourth-order valence-corrected chi connectivity index (χ4v) is 7.24. The fourth-order valence-electron chi connectivity index (χ4n) is 7.24. The minimum atomic E-state index is -0.904. The first-order valence-electron chi connectivity index (χ1n) is 12.1. The zero-order valence-corrected chi connectivity index (χ0v) is 18.9. The Hall–Kier alpha value is -1.84. The molecule has 0 heterocycles. The Morgan fingerprint density at radius 1 is 1.10 bits per heavy atom. The number of ether oxygens (including phenoxy) is 1. The van der Waals surface area contributed by atoms with Gasteiger partial charge in [-0.15, -0.1) is 0 Å². The second-order valence-electron chi connectivity index (χ2n) is 10.6. The molecule has 0 aromatic heterocycles. The molecule has 0 aliphatic heterocycles. The fraction of sp³-hybridized carbons (Fsp3) is 0.571. The summed E-state index contributed by atoms with van der Waals surface area (Å²) in [6.07, 6.45) is 6.10. The largest absolute Gasteiger partial charge is 0.489 e. The van der Waals surface area contributed by atoms with Gasteiger partial charge in [0.2, 0.25) is 0 Å². The van der Waals surface area contributed by atoms with Crippen molar-refractivity contribution in [1.82, 2.24) is 0 Å². The van der Waals surface area contributed by atoms with E-state index in [1.54, 1.807) is 0 Å². The maximum Gasteiger partial charge on any atom is 0.120 e. The van der Waals surface area contributed by atoms with E-state index in [4.69, 9.17) is 4.74 Å². The Labute approximate surface area is 186 Å². The molecule has 3 nitrogen and oxygen atoms in total. The minimum absolute atomic E-state index is 0.151. The van der Waals surface area contributed by atoms with Gasteiger partial charge < -0.3 is 14.9 Å². The van der Waals surface area contributed by atoms with Gasteiger partial charge in [0.1, 0.15) is 12.4 Å². The van der Waals surface area contributed by atoms with E-state index in [1.807, 2.05) is 18.2 Å². The van der Waals surface area contributed by atoms with Gasteiger partial charge in [-0.05, 0) is 90.5 Å². The lowest BCUT2D eigenvalue weighted by Crippen LogP contribution is -2.47. The molecule has 166 valence electrons. The summed E-state index contributed by atoms with van der Waals surface area (Å²) < 4.78 is 6.08. The smallest absolute Gasteiger partial charge is 0.120 e. The Kier molecular flexibility index (Phi) is 5.38. The lowest BCUT2D eigenvalue weighted by atomic mass is 9.55. The minimum Gasteiger partial charge on any atom is -0.489 e. The normalized spacial score (nSPS) is 36.4. The average molecular weight is 421 g/mol. The molecular weight excluding hydrogens is 384 g/mol. The van der Waals surface area contributed by atoms with E-state index in [0.717, 1.165) is 44.3 Å². The van der Waals surface area contributed by atoms with E-state index in [2.05, 4.69) is 44.2 Å². The zero-order chi connectivity index (χ0) is 21.6. The Bertz CT molecular complexity index is 925. The number of aryl methyl sites for hydroxylation is 1. The van der Waals surface area contributed by atoms with E-state index >= 15 is 0 Å². The highest BCUT2D eigenvalue weighted by atomic mass is 16.5. The maximum absolute atomic E-state index is 11.3. The molecule has 31 heavy (non-hydrogen) atoms. The van der Waals surface area contributed by atoms with Gasteiger partial charge in [-0.2, -0.15) is 0 Å². The van der Waals surface area contributed by atoms with E-state index in [0.29, 0.717) is 30.8 Å². The predicted molar refractivity (Wildman–Crippen MR) is 123 cm³/mol. The van der Waals surface area contributed by atoms with Crippen LogP contribution in [0.5, 0.6) is 5.75 Å². The molecule has 2 fully saturated rings. The Morgan fingerprint density at radius 3 is 2.68 bits per heavy atom. The van der Waals surface area contributed by atoms with Crippen molar-refractivity contribution in [3.8, 4) is 5.75 Å². The molecule has 0 radical (unpaired) electrons. The number of hydrogen-bond donors (Lipinski definition) is 2. The van der Waals surface area contributed by atoms with Crippen molar-refractivity contribution < 1.29 is 14.9 Å². The third-order valence-electron chi connectivity index (χ3n) is 8.77. The van der Waals surface area contributed by atoms with Crippen LogP contribution in [0.4, 0.5) is 0 Å². The summed E-state index contributed by atoms with van der Waals surface area (Å²) in [5, 5.41) is 22.4. The number of aliphatic hydroxyl groups excluding tert-OH is 1. The van der Waals surface area contributed by atoms with Crippen molar-refractivity contribution in [2.24, 2.45) is 17.3 Å². The lowest BCUT2D eigenvalue weighted by Gasteiger charge is -2.50. The molecule has 6 atom stereocenters. The summed E-state index contributed by atoms with van der Waals surface area (Å²) in [5.41, 5.74) is 3.04. The van der Waals surface area contributed by atoms with E-state index in [1.165, 1.54) is 16.7 Å². The summed E-state index contributed by atoms with van der Waals surface area (Å²) in [5.74, 6) is 2.46. The van der Waals surface area contributed by atoms with Crippen molar-refractivity contribution >= 4 is 0 Å². The molecule has 2 aromatic carbocycles. The molecule has 5 rings (SSSR count). The van der Waals surface area contributed by atoms with Gasteiger partial charge >= 0.3 is 0 Å². The van der Waals surface area contributed by atoms with Gasteiger partial charge in [-0.3, -0.25) is 0 Å². The third kappa shape index (κ3) is 3.50. The van der Waals surface area contributed by atoms with Gasteiger partial charge in [0, 0.05) is 0 Å². The van der Waals surface area contributed by atoms with Gasteiger partial charge in [-0.1, -0.05) is 56.7 Å². The van der Waals surface area contributed by atoms with Gasteiger partial charge in [0.25, 0.3) is 0 Å². The first kappa shape index (κ1) is 21.0. The molecule has 3 aliphatic carbocycles. The summed E-state index contributed by atoms with van der Waals surface area (Å²) in [6, 6.07) is 17.0. The van der Waals surface area contributed by atoms with Crippen LogP contribution in [-0.2, 0) is 13.0 Å². The maximum atomic E-state index is 11.3. The molecule has 2 N–H and O–H groups in total. The van der Waals surface area contributed by atoms with Crippen LogP contribution in [-0.4, -0.2) is 21.9 Å². The van der Waals surface area contributed by atoms with Crippen molar-refractivity contribution in [3.63, 3.8) is 0 Å². The first-order valence-corrected chi connectivity index (χ1v) is 12.1. The van der Waals surface area contributed by atoms with Crippen LogP contribution in [0.1, 0.15) is 75.0 Å². The highest BCUT2D eigenvalue weighted by Gasteiger charge is 2.62. The molecule has 2 unspecified atom stereocenters. The van der Waals surface area contributed by atoms with Crippen molar-refractivity contribution in [2.75, 3.05) is 0 Å². The second-order valence-corrected chi connectivity index (χ2v) is 10.6. The summed E-state index contributed by atoms with van der Waals surface area (Å²) in [4.78, 5) is 0. The molecule has 3 heteroatoms. The lowest BCUT2D eigenvalue weighted by molar-refractivity contribution is -0.103. The molecule has 0 saturated heterocycles. The average Bonchev–Trinajstić information content (AvgIpc) is 2.99. The van der Waals surface area contributed by atoms with Gasteiger partial charge in [0.05, 0.1) is 11.7 Å². The molecular formula is C28H36O3. The van der Waals surface area contributed by atoms with Crippen LogP contribution in [0.25, 0.3) is 0 Å². The van der Waals surface area contributed by atoms with Crippen molar-refractivity contribution in [1.29, 1.82) is 0 Å². The second kappa shape index (κ2) is 7.94. The monoisotopic (exact) mass is 420 g/mol.